The van der Waals surface area contributed by atoms with Crippen LogP contribution in [0.2, 0.25) is 0 Å². The van der Waals surface area contributed by atoms with E-state index in [9.17, 15) is 13.2 Å². The van der Waals surface area contributed by atoms with Gasteiger partial charge in [-0.05, 0) is 6.92 Å². The lowest BCUT2D eigenvalue weighted by Gasteiger charge is -2.02. The van der Waals surface area contributed by atoms with Crippen LogP contribution in [0.4, 0.5) is 5.13 Å². The van der Waals surface area contributed by atoms with Crippen molar-refractivity contribution in [3.63, 3.8) is 0 Å². The van der Waals surface area contributed by atoms with E-state index in [0.29, 0.717) is 0 Å². The molecule has 0 aromatic carbocycles. The van der Waals surface area contributed by atoms with E-state index in [1.165, 1.54) is 0 Å². The summed E-state index contributed by atoms with van der Waals surface area (Å²) in [7, 11) is -3.60. The Kier molecular flexibility index (Phi) is 3.64. The number of anilines is 1. The van der Waals surface area contributed by atoms with Gasteiger partial charge in [0.2, 0.25) is 10.0 Å². The number of nitrogens with zero attached hydrogens (tertiary/aromatic N) is 1. The molecule has 0 fully saturated rings. The van der Waals surface area contributed by atoms with Gasteiger partial charge in [-0.3, -0.25) is 9.52 Å². The van der Waals surface area contributed by atoms with Crippen molar-refractivity contribution in [1.29, 1.82) is 0 Å². The number of carboxylic acid groups (broad SMARTS) is 1. The maximum Gasteiger partial charge on any atom is 0.304 e. The van der Waals surface area contributed by atoms with Crippen LogP contribution in [0.25, 0.3) is 0 Å². The molecule has 0 radical (unpaired) electrons. The molecule has 15 heavy (non-hydrogen) atoms. The van der Waals surface area contributed by atoms with E-state index in [0.717, 1.165) is 17.0 Å². The van der Waals surface area contributed by atoms with E-state index in [1.54, 1.807) is 12.3 Å². The van der Waals surface area contributed by atoms with E-state index in [4.69, 9.17) is 5.11 Å². The van der Waals surface area contributed by atoms with E-state index < -0.39 is 28.2 Å². The zero-order valence-electron chi connectivity index (χ0n) is 7.93. The number of carbonyl (C=O) groups is 1. The zero-order chi connectivity index (χ0) is 11.5. The van der Waals surface area contributed by atoms with Gasteiger partial charge in [-0.1, -0.05) is 0 Å². The largest absolute Gasteiger partial charge is 0.481 e. The molecule has 0 amide bonds. The van der Waals surface area contributed by atoms with Crippen LogP contribution in [-0.2, 0) is 14.8 Å². The fourth-order valence-corrected chi connectivity index (χ4v) is 2.77. The molecule has 0 atom stereocenters. The summed E-state index contributed by atoms with van der Waals surface area (Å²) in [6.45, 7) is 1.74. The number of rotatable bonds is 5. The van der Waals surface area contributed by atoms with Crippen molar-refractivity contribution in [1.82, 2.24) is 4.98 Å². The molecule has 0 saturated heterocycles. The second kappa shape index (κ2) is 4.58. The summed E-state index contributed by atoms with van der Waals surface area (Å²) in [5.74, 6) is -1.59. The normalized spacial score (nSPS) is 11.3. The van der Waals surface area contributed by atoms with Crippen molar-refractivity contribution < 1.29 is 18.3 Å². The number of aryl methyl sites for hydroxylation is 1. The topological polar surface area (TPSA) is 96.4 Å². The van der Waals surface area contributed by atoms with Gasteiger partial charge in [-0.15, -0.1) is 11.3 Å². The van der Waals surface area contributed by atoms with E-state index in [-0.39, 0.29) is 5.13 Å². The molecule has 2 N–H and O–H groups in total. The van der Waals surface area contributed by atoms with Gasteiger partial charge in [0.05, 0.1) is 17.9 Å². The molecule has 1 aromatic rings. The van der Waals surface area contributed by atoms with Crippen LogP contribution in [0, 0.1) is 6.92 Å². The monoisotopic (exact) mass is 250 g/mol. The summed E-state index contributed by atoms with van der Waals surface area (Å²) in [4.78, 5) is 14.1. The molecule has 0 saturated carbocycles. The number of aliphatic carboxylic acids is 1. The van der Waals surface area contributed by atoms with Gasteiger partial charge in [0.25, 0.3) is 0 Å². The van der Waals surface area contributed by atoms with Gasteiger partial charge in [-0.2, -0.15) is 0 Å². The Morgan fingerprint density at radius 3 is 2.80 bits per heavy atom. The number of nitrogens with one attached hydrogen (secondary N) is 1. The Bertz CT molecular complexity index is 451. The molecule has 1 rings (SSSR count). The van der Waals surface area contributed by atoms with Gasteiger partial charge in [0.15, 0.2) is 5.13 Å². The van der Waals surface area contributed by atoms with Crippen LogP contribution in [0.15, 0.2) is 5.38 Å². The summed E-state index contributed by atoms with van der Waals surface area (Å²) in [6.07, 6.45) is -0.417. The Balaban J connectivity index is 2.60. The molecule has 0 unspecified atom stereocenters. The molecular weight excluding hydrogens is 240 g/mol. The average molecular weight is 250 g/mol. The smallest absolute Gasteiger partial charge is 0.304 e. The fraction of sp³-hybridized carbons (Fsp3) is 0.429. The van der Waals surface area contributed by atoms with Crippen LogP contribution >= 0.6 is 11.3 Å². The predicted octanol–water partition coefficient (Wildman–Crippen LogP) is 0.668. The Morgan fingerprint density at radius 2 is 2.33 bits per heavy atom. The highest BCUT2D eigenvalue weighted by Crippen LogP contribution is 2.16. The van der Waals surface area contributed by atoms with Crippen LogP contribution in [0.1, 0.15) is 12.1 Å². The molecule has 0 spiro atoms. The third-order valence-electron chi connectivity index (χ3n) is 1.45. The number of hydrogen-bond acceptors (Lipinski definition) is 5. The molecule has 8 heteroatoms. The van der Waals surface area contributed by atoms with Crippen LogP contribution in [0.3, 0.4) is 0 Å². The van der Waals surface area contributed by atoms with Crippen LogP contribution in [-0.4, -0.2) is 30.2 Å². The highest BCUT2D eigenvalue weighted by atomic mass is 32.2. The Labute approximate surface area is 91.0 Å². The third-order valence-corrected chi connectivity index (χ3v) is 3.70. The zero-order valence-corrected chi connectivity index (χ0v) is 9.56. The highest BCUT2D eigenvalue weighted by molar-refractivity contribution is 7.92. The minimum atomic E-state index is -3.60. The summed E-state index contributed by atoms with van der Waals surface area (Å²) >= 11 is 1.16. The molecule has 1 aromatic heterocycles. The van der Waals surface area contributed by atoms with Crippen molar-refractivity contribution in [3.05, 3.63) is 11.1 Å². The van der Waals surface area contributed by atoms with Gasteiger partial charge in [-0.25, -0.2) is 13.4 Å². The second-order valence-electron chi connectivity index (χ2n) is 2.86. The van der Waals surface area contributed by atoms with Gasteiger partial charge >= 0.3 is 5.97 Å². The first-order chi connectivity index (χ1) is 6.89. The first-order valence-electron chi connectivity index (χ1n) is 4.03. The number of aromatic nitrogens is 1. The average Bonchev–Trinajstić information content (AvgIpc) is 2.47. The molecular formula is C7H10N2O4S2. The van der Waals surface area contributed by atoms with E-state index in [2.05, 4.69) is 9.71 Å². The quantitative estimate of drug-likeness (QED) is 0.800. The Morgan fingerprint density at radius 1 is 1.67 bits per heavy atom. The lowest BCUT2D eigenvalue weighted by Crippen LogP contribution is -2.18. The molecule has 84 valence electrons. The molecule has 0 bridgehead atoms. The molecule has 0 aliphatic rings. The van der Waals surface area contributed by atoms with Crippen molar-refractivity contribution in [2.24, 2.45) is 0 Å². The molecule has 6 nitrogen and oxygen atoms in total. The summed E-state index contributed by atoms with van der Waals surface area (Å²) in [5, 5.41) is 10.3. The number of hydrogen-bond donors (Lipinski definition) is 2. The first kappa shape index (κ1) is 11.9. The predicted molar refractivity (Wildman–Crippen MR) is 56.5 cm³/mol. The summed E-state index contributed by atoms with van der Waals surface area (Å²) in [5.41, 5.74) is 0.718. The lowest BCUT2D eigenvalue weighted by molar-refractivity contribution is -0.136. The first-order valence-corrected chi connectivity index (χ1v) is 6.57. The maximum absolute atomic E-state index is 11.3. The van der Waals surface area contributed by atoms with Crippen molar-refractivity contribution in [3.8, 4) is 0 Å². The molecule has 1 heterocycles. The summed E-state index contributed by atoms with van der Waals surface area (Å²) < 4.78 is 24.8. The van der Waals surface area contributed by atoms with Crippen LogP contribution < -0.4 is 4.72 Å². The lowest BCUT2D eigenvalue weighted by atomic mass is 10.5. The summed E-state index contributed by atoms with van der Waals surface area (Å²) in [6, 6.07) is 0. The SMILES string of the molecule is Cc1csc(NS(=O)(=O)CCC(=O)O)n1. The number of thiazole rings is 1. The van der Waals surface area contributed by atoms with E-state index in [1.807, 2.05) is 0 Å². The van der Waals surface area contributed by atoms with E-state index >= 15 is 0 Å². The Hall–Kier alpha value is -1.15. The second-order valence-corrected chi connectivity index (χ2v) is 5.56. The van der Waals surface area contributed by atoms with Gasteiger partial charge in [0.1, 0.15) is 0 Å². The fourth-order valence-electron chi connectivity index (χ4n) is 0.807. The van der Waals surface area contributed by atoms with Gasteiger partial charge in [0, 0.05) is 5.38 Å². The highest BCUT2D eigenvalue weighted by Gasteiger charge is 2.14. The minimum absolute atomic E-state index is 0.262. The minimum Gasteiger partial charge on any atom is -0.481 e. The van der Waals surface area contributed by atoms with Crippen molar-refractivity contribution >= 4 is 32.5 Å². The number of sulfonamides is 1. The maximum atomic E-state index is 11.3. The standard InChI is InChI=1S/C7H10N2O4S2/c1-5-4-14-7(8-5)9-15(12,13)3-2-6(10)11/h4H,2-3H2,1H3,(H,8,9)(H,10,11). The third kappa shape index (κ3) is 4.26. The van der Waals surface area contributed by atoms with Crippen molar-refractivity contribution in [2.45, 2.75) is 13.3 Å². The van der Waals surface area contributed by atoms with Gasteiger partial charge < -0.3 is 5.11 Å². The molecule has 0 aliphatic carbocycles. The van der Waals surface area contributed by atoms with Crippen LogP contribution in [0.5, 0.6) is 0 Å². The molecule has 0 aliphatic heterocycles. The van der Waals surface area contributed by atoms with Crippen molar-refractivity contribution in [2.75, 3.05) is 10.5 Å². The number of carboxylic acids is 1.